The van der Waals surface area contributed by atoms with Crippen molar-refractivity contribution in [3.63, 3.8) is 0 Å². The first kappa shape index (κ1) is 48.8. The maximum absolute atomic E-state index is 14.5. The first-order valence-corrected chi connectivity index (χ1v) is 21.8. The third-order valence-corrected chi connectivity index (χ3v) is 12.9. The number of fused-ring (bicyclic) bond motifs is 5. The number of nitrogens with one attached hydrogen (secondary N) is 8. The van der Waals surface area contributed by atoms with Crippen molar-refractivity contribution in [1.29, 1.82) is 0 Å². The molecule has 350 valence electrons. The number of aliphatic hydroxyl groups is 3. The van der Waals surface area contributed by atoms with Gasteiger partial charge in [0.25, 0.3) is 0 Å². The molecule has 8 amide bonds. The number of rotatable bonds is 7. The highest BCUT2D eigenvalue weighted by Gasteiger charge is 2.45. The van der Waals surface area contributed by atoms with Crippen LogP contribution in [0.1, 0.15) is 45.6 Å². The molecule has 1 aromatic carbocycles. The van der Waals surface area contributed by atoms with E-state index in [1.54, 1.807) is 13.8 Å². The van der Waals surface area contributed by atoms with E-state index in [0.29, 0.717) is 6.42 Å². The minimum absolute atomic E-state index is 0.0635. The molecule has 1 fully saturated rings. The average molecular weight is 920 g/mol. The molecule has 3 aliphatic rings. The Hall–Kier alpha value is -6.18. The Kier molecular flexibility index (Phi) is 16.0. The number of benzene rings is 1. The predicted octanol–water partition coefficient (Wildman–Crippen LogP) is -5.32. The molecule has 24 nitrogen and oxygen atoms in total. The van der Waals surface area contributed by atoms with Gasteiger partial charge in [0.05, 0.1) is 60.4 Å². The van der Waals surface area contributed by atoms with Gasteiger partial charge in [-0.05, 0) is 23.6 Å². The van der Waals surface area contributed by atoms with Crippen LogP contribution in [-0.4, -0.2) is 173 Å². The van der Waals surface area contributed by atoms with Crippen LogP contribution in [0.2, 0.25) is 0 Å². The van der Waals surface area contributed by atoms with Gasteiger partial charge in [0.2, 0.25) is 47.3 Å². The number of aromatic nitrogens is 1. The van der Waals surface area contributed by atoms with Crippen molar-refractivity contribution < 1.29 is 72.9 Å². The molecule has 11 atom stereocenters. The van der Waals surface area contributed by atoms with Crippen LogP contribution < -0.4 is 37.2 Å². The summed E-state index contributed by atoms with van der Waals surface area (Å²) in [6, 6.07) is -6.28. The van der Waals surface area contributed by atoms with Gasteiger partial charge in [-0.25, -0.2) is 0 Å². The Bertz CT molecular complexity index is 2200. The fourth-order valence-electron chi connectivity index (χ4n) is 7.67. The summed E-state index contributed by atoms with van der Waals surface area (Å²) in [4.78, 5) is 127. The first-order chi connectivity index (χ1) is 30.2. The van der Waals surface area contributed by atoms with E-state index in [9.17, 15) is 72.9 Å². The van der Waals surface area contributed by atoms with Gasteiger partial charge >= 0.3 is 5.97 Å². The number of aliphatic carboxylic acids is 1. The third kappa shape index (κ3) is 11.5. The Labute approximate surface area is 367 Å². The SMILES string of the molecule is CC[C@H](C)[C@@H]1NC(=O)CNC(=O)[C@H]2Cc3c([nH]c4cc(O)ccc34)[S@](=O)C[C@@H](NC(=O)CNC1=O)C(=O)N[C@H](CC(=O)O)C(=O)N1C[C@H](O)C[C@@H]1C(=O)N[C@H]([C@H](C)[C@@H](O)CO)C(=O)N2. The largest absolute Gasteiger partial charge is 0.508 e. The number of carbonyl (C=O) groups excluding carboxylic acids is 8. The van der Waals surface area contributed by atoms with Gasteiger partial charge in [0, 0.05) is 36.8 Å². The number of carbonyl (C=O) groups is 9. The van der Waals surface area contributed by atoms with Crippen LogP contribution in [0.4, 0.5) is 0 Å². The molecule has 0 radical (unpaired) electrons. The summed E-state index contributed by atoms with van der Waals surface area (Å²) in [5, 5.41) is 68.3. The van der Waals surface area contributed by atoms with Gasteiger partial charge in [-0.1, -0.05) is 27.2 Å². The fourth-order valence-corrected chi connectivity index (χ4v) is 9.07. The molecule has 5 rings (SSSR count). The molecule has 1 saturated heterocycles. The Balaban J connectivity index is 1.73. The average Bonchev–Trinajstić information content (AvgIpc) is 3.82. The number of aromatic hydroxyl groups is 1. The number of hydrogen-bond donors (Lipinski definition) is 13. The second kappa shape index (κ2) is 21.0. The van der Waals surface area contributed by atoms with E-state index in [-0.39, 0.29) is 27.2 Å². The predicted molar refractivity (Wildman–Crippen MR) is 221 cm³/mol. The summed E-state index contributed by atoms with van der Waals surface area (Å²) >= 11 is 0. The Morgan fingerprint density at radius 3 is 2.19 bits per heavy atom. The van der Waals surface area contributed by atoms with Crippen molar-refractivity contribution in [3.8, 4) is 5.75 Å². The molecule has 0 unspecified atom stereocenters. The van der Waals surface area contributed by atoms with Gasteiger partial charge < -0.3 is 72.6 Å². The normalized spacial score (nSPS) is 28.5. The summed E-state index contributed by atoms with van der Waals surface area (Å²) < 4.78 is 14.5. The second-order valence-corrected chi connectivity index (χ2v) is 17.5. The standard InChI is InChI=1S/C39H53N9O15S/c1-4-16(2)31-36(60)41-11-28(53)42-25-15-64(63)38-21(20-6-5-18(50)7-22(20)45-38)9-23(33(57)40-12-29(54)46-31)43-37(61)32(17(3)27(52)14-49)47-35(59)26-8-19(51)13-48(26)39(62)24(10-30(55)56)44-34(25)58/h5-7,16-17,19,23-27,31-32,45,49-52H,4,8-15H2,1-3H3,(H,40,57)(H,41,60)(H,42,53)(H,43,61)(H,44,58)(H,46,54)(H,47,59)(H,55,56)/t16-,17+,19+,23+,24+,25+,26+,27-,31-,32+,64+/m0/s1. The van der Waals surface area contributed by atoms with Crippen molar-refractivity contribution in [2.24, 2.45) is 11.8 Å². The van der Waals surface area contributed by atoms with E-state index in [1.165, 1.54) is 25.1 Å². The molecule has 0 saturated carbocycles. The van der Waals surface area contributed by atoms with E-state index in [2.05, 4.69) is 42.2 Å². The lowest BCUT2D eigenvalue weighted by Gasteiger charge is -2.32. The molecule has 4 heterocycles. The lowest BCUT2D eigenvalue weighted by Crippen LogP contribution is -2.62. The molecular weight excluding hydrogens is 867 g/mol. The molecule has 1 aromatic heterocycles. The van der Waals surface area contributed by atoms with Crippen molar-refractivity contribution in [2.75, 3.05) is 32.0 Å². The van der Waals surface area contributed by atoms with Crippen LogP contribution in [0.3, 0.4) is 0 Å². The van der Waals surface area contributed by atoms with E-state index in [0.717, 1.165) is 4.90 Å². The van der Waals surface area contributed by atoms with Gasteiger partial charge in [-0.2, -0.15) is 0 Å². The zero-order valence-corrected chi connectivity index (χ0v) is 35.9. The topological polar surface area (TPSA) is 375 Å². The van der Waals surface area contributed by atoms with E-state index >= 15 is 0 Å². The summed E-state index contributed by atoms with van der Waals surface area (Å²) in [5.41, 5.74) is 0.220. The number of phenolic OH excluding ortho intramolecular Hbond substituents is 1. The second-order valence-electron chi connectivity index (χ2n) is 16.1. The summed E-state index contributed by atoms with van der Waals surface area (Å²) in [6.07, 6.45) is -4.74. The summed E-state index contributed by atoms with van der Waals surface area (Å²) in [5.74, 6) is -12.9. The van der Waals surface area contributed by atoms with Crippen LogP contribution in [0.5, 0.6) is 5.75 Å². The van der Waals surface area contributed by atoms with Crippen molar-refractivity contribution >= 4 is 74.9 Å². The highest BCUT2D eigenvalue weighted by Crippen LogP contribution is 2.30. The number of phenols is 1. The number of amides is 8. The molecule has 25 heteroatoms. The van der Waals surface area contributed by atoms with E-state index in [1.807, 2.05) is 0 Å². The Morgan fingerprint density at radius 2 is 1.53 bits per heavy atom. The van der Waals surface area contributed by atoms with Crippen molar-refractivity contribution in [3.05, 3.63) is 23.8 Å². The van der Waals surface area contributed by atoms with Gasteiger partial charge in [0.15, 0.2) is 0 Å². The van der Waals surface area contributed by atoms with Crippen LogP contribution in [-0.2, 0) is 60.4 Å². The zero-order chi connectivity index (χ0) is 47.2. The lowest BCUT2D eigenvalue weighted by atomic mass is 9.93. The van der Waals surface area contributed by atoms with Crippen LogP contribution in [0.25, 0.3) is 10.9 Å². The van der Waals surface area contributed by atoms with Crippen LogP contribution in [0.15, 0.2) is 23.2 Å². The Morgan fingerprint density at radius 1 is 0.859 bits per heavy atom. The fraction of sp³-hybridized carbons (Fsp3) is 0.564. The minimum Gasteiger partial charge on any atom is -0.508 e. The van der Waals surface area contributed by atoms with Gasteiger partial charge in [-0.15, -0.1) is 0 Å². The highest BCUT2D eigenvalue weighted by atomic mass is 32.2. The molecular formula is C39H53N9O15S. The molecule has 3 aliphatic heterocycles. The summed E-state index contributed by atoms with van der Waals surface area (Å²) in [7, 11) is -2.41. The number of hydrogen-bond acceptors (Lipinski definition) is 14. The smallest absolute Gasteiger partial charge is 0.305 e. The number of aromatic amines is 1. The van der Waals surface area contributed by atoms with Crippen molar-refractivity contribution in [2.45, 2.75) is 99.9 Å². The number of nitrogens with zero attached hydrogens (tertiary/aromatic N) is 1. The molecule has 0 aliphatic carbocycles. The van der Waals surface area contributed by atoms with Crippen molar-refractivity contribution in [1.82, 2.24) is 47.1 Å². The highest BCUT2D eigenvalue weighted by molar-refractivity contribution is 7.85. The maximum atomic E-state index is 14.5. The third-order valence-electron chi connectivity index (χ3n) is 11.5. The van der Waals surface area contributed by atoms with E-state index in [4.69, 9.17) is 0 Å². The first-order valence-electron chi connectivity index (χ1n) is 20.5. The van der Waals surface area contributed by atoms with Crippen LogP contribution in [0, 0.1) is 11.8 Å². The monoisotopic (exact) mass is 919 g/mol. The molecule has 64 heavy (non-hydrogen) atoms. The molecule has 13 N–H and O–H groups in total. The van der Waals surface area contributed by atoms with Gasteiger partial charge in [-0.3, -0.25) is 47.4 Å². The summed E-state index contributed by atoms with van der Waals surface area (Å²) in [6.45, 7) is 1.64. The number of aliphatic hydroxyl groups excluding tert-OH is 3. The minimum atomic E-state index is -2.41. The quantitative estimate of drug-likeness (QED) is 0.123. The molecule has 2 aromatic rings. The molecule has 2 bridgehead atoms. The van der Waals surface area contributed by atoms with Crippen LogP contribution >= 0.6 is 0 Å². The maximum Gasteiger partial charge on any atom is 0.305 e. The van der Waals surface area contributed by atoms with E-state index < -0.39 is 176 Å². The molecule has 0 spiro atoms. The number of carboxylic acid groups (broad SMARTS) is 1. The van der Waals surface area contributed by atoms with Gasteiger partial charge in [0.1, 0.15) is 47.0 Å². The number of carboxylic acids is 1. The zero-order valence-electron chi connectivity index (χ0n) is 35.0. The lowest BCUT2D eigenvalue weighted by molar-refractivity contribution is -0.146. The number of H-pyrrole nitrogens is 1.